The second-order valence-electron chi connectivity index (χ2n) is 9.26. The summed E-state index contributed by atoms with van der Waals surface area (Å²) in [4.78, 5) is 6.28. The number of anilines is 1. The van der Waals surface area contributed by atoms with Crippen molar-refractivity contribution in [2.24, 2.45) is 5.73 Å². The molecule has 14 heteroatoms. The molecular weight excluding hydrogens is 570 g/mol. The van der Waals surface area contributed by atoms with E-state index in [0.29, 0.717) is 30.8 Å². The monoisotopic (exact) mass is 603 g/mol. The van der Waals surface area contributed by atoms with Gasteiger partial charge in [0, 0.05) is 44.4 Å². The Kier molecular flexibility index (Phi) is 9.70. The summed E-state index contributed by atoms with van der Waals surface area (Å²) in [6.45, 7) is 3.59. The molecule has 4 N–H and O–H groups in total. The highest BCUT2D eigenvalue weighted by Crippen LogP contribution is 2.30. The molecule has 0 aromatic heterocycles. The van der Waals surface area contributed by atoms with Crippen LogP contribution >= 0.6 is 0 Å². The number of nitrogens with one attached hydrogen (secondary N) is 2. The Morgan fingerprint density at radius 3 is 2.20 bits per heavy atom. The van der Waals surface area contributed by atoms with Crippen molar-refractivity contribution in [1.82, 2.24) is 9.79 Å². The fraction of sp³-hybridized carbons (Fsp3) is 0.296. The van der Waals surface area contributed by atoms with Crippen LogP contribution in [-0.4, -0.2) is 66.5 Å². The number of piperazine rings is 1. The molecular formula is C27H33N5O7S2. The molecule has 0 radical (unpaired) electrons. The number of hydrogen-bond donors (Lipinski definition) is 3. The third-order valence-electron chi connectivity index (χ3n) is 6.17. The van der Waals surface area contributed by atoms with Gasteiger partial charge in [-0.2, -0.15) is 12.7 Å². The Balaban J connectivity index is 1.46. The normalized spacial score (nSPS) is 14.4. The van der Waals surface area contributed by atoms with Crippen molar-refractivity contribution in [2.75, 3.05) is 44.3 Å². The Labute approximate surface area is 240 Å². The Morgan fingerprint density at radius 2 is 1.51 bits per heavy atom. The number of guanidine groups is 1. The zero-order valence-corrected chi connectivity index (χ0v) is 24.2. The first-order chi connectivity index (χ1) is 19.6. The van der Waals surface area contributed by atoms with Gasteiger partial charge in [0.05, 0.1) is 13.2 Å². The predicted molar refractivity (Wildman–Crippen MR) is 154 cm³/mol. The fourth-order valence-corrected chi connectivity index (χ4v) is 7.42. The van der Waals surface area contributed by atoms with Gasteiger partial charge in [-0.05, 0) is 48.9 Å². The molecule has 12 nitrogen and oxygen atoms in total. The average molecular weight is 604 g/mol. The number of benzene rings is 3. The molecule has 3 aromatic rings. The first-order valence-corrected chi connectivity index (χ1v) is 15.7. The molecule has 0 bridgehead atoms. The van der Waals surface area contributed by atoms with E-state index in [0.717, 1.165) is 5.69 Å². The molecule has 4 rings (SSSR count). The van der Waals surface area contributed by atoms with Crippen LogP contribution in [0.2, 0.25) is 0 Å². The molecule has 0 unspecified atom stereocenters. The fourth-order valence-electron chi connectivity index (χ4n) is 4.30. The van der Waals surface area contributed by atoms with Gasteiger partial charge in [0.25, 0.3) is 0 Å². The topological polar surface area (TPSA) is 164 Å². The molecule has 1 aliphatic rings. The summed E-state index contributed by atoms with van der Waals surface area (Å²) in [6, 6.07) is 19.8. The van der Waals surface area contributed by atoms with E-state index >= 15 is 0 Å². The Morgan fingerprint density at radius 1 is 0.878 bits per heavy atom. The van der Waals surface area contributed by atoms with Gasteiger partial charge in [-0.15, -0.1) is 0 Å². The van der Waals surface area contributed by atoms with Crippen molar-refractivity contribution in [3.8, 4) is 11.5 Å². The van der Waals surface area contributed by atoms with Crippen molar-refractivity contribution in [1.29, 1.82) is 5.41 Å². The lowest BCUT2D eigenvalue weighted by atomic mass is 10.2. The van der Waals surface area contributed by atoms with Crippen LogP contribution < -0.4 is 25.0 Å². The van der Waals surface area contributed by atoms with Gasteiger partial charge in [-0.3, -0.25) is 10.2 Å². The van der Waals surface area contributed by atoms with E-state index in [2.05, 4.69) is 10.4 Å². The van der Waals surface area contributed by atoms with Crippen molar-refractivity contribution in [3.05, 3.63) is 78.4 Å². The highest BCUT2D eigenvalue weighted by molar-refractivity contribution is 7.91. The second kappa shape index (κ2) is 13.2. The number of aryl methyl sites for hydroxylation is 1. The number of ether oxygens (including phenoxy) is 1. The Bertz CT molecular complexity index is 1560. The van der Waals surface area contributed by atoms with E-state index in [1.165, 1.54) is 40.7 Å². The smallest absolute Gasteiger partial charge is 0.340 e. The number of nitrogens with zero attached hydrogens (tertiary/aromatic N) is 2. The van der Waals surface area contributed by atoms with Crippen LogP contribution in [0, 0.1) is 12.3 Å². The molecule has 1 aliphatic heterocycles. The third kappa shape index (κ3) is 7.88. The summed E-state index contributed by atoms with van der Waals surface area (Å²) < 4.78 is 66.4. The molecule has 41 heavy (non-hydrogen) atoms. The van der Waals surface area contributed by atoms with Crippen molar-refractivity contribution < 1.29 is 30.6 Å². The maximum absolute atomic E-state index is 13.6. The van der Waals surface area contributed by atoms with Crippen LogP contribution in [0.25, 0.3) is 0 Å². The van der Waals surface area contributed by atoms with E-state index < -0.39 is 25.0 Å². The van der Waals surface area contributed by atoms with Gasteiger partial charge in [-0.1, -0.05) is 30.3 Å². The molecule has 1 heterocycles. The minimum Gasteiger partial charge on any atom is -0.493 e. The Hall–Kier alpha value is -3.85. The molecule has 0 aliphatic carbocycles. The lowest BCUT2D eigenvalue weighted by molar-refractivity contribution is 0.0733. The number of hydroxylamine groups is 1. The summed E-state index contributed by atoms with van der Waals surface area (Å²) >= 11 is 0. The number of hydrogen-bond acceptors (Lipinski definition) is 9. The molecule has 1 fully saturated rings. The van der Waals surface area contributed by atoms with Crippen LogP contribution in [0.4, 0.5) is 5.69 Å². The van der Waals surface area contributed by atoms with Crippen molar-refractivity contribution in [2.45, 2.75) is 23.1 Å². The van der Waals surface area contributed by atoms with Gasteiger partial charge < -0.3 is 19.6 Å². The van der Waals surface area contributed by atoms with Gasteiger partial charge in [0.1, 0.15) is 21.3 Å². The van der Waals surface area contributed by atoms with Crippen LogP contribution in [-0.2, 0) is 25.0 Å². The third-order valence-corrected chi connectivity index (χ3v) is 9.56. The van der Waals surface area contributed by atoms with E-state index in [4.69, 9.17) is 24.9 Å². The molecule has 0 amide bonds. The summed E-state index contributed by atoms with van der Waals surface area (Å²) in [6.07, 6.45) is 0.466. The largest absolute Gasteiger partial charge is 0.493 e. The maximum Gasteiger partial charge on any atom is 0.340 e. The molecule has 1 saturated heterocycles. The molecule has 0 atom stereocenters. The zero-order chi connectivity index (χ0) is 29.5. The molecule has 0 saturated carbocycles. The SMILES string of the molecule is Cc1cc(OCCCONC(=N)N)cc(OS(=O)(=O)c2ccccc2S(=O)(=O)N2CCN(c3ccccc3)CC2)c1. The van der Waals surface area contributed by atoms with Crippen LogP contribution in [0.5, 0.6) is 11.5 Å². The summed E-state index contributed by atoms with van der Waals surface area (Å²) in [5.74, 6) is 0.0395. The maximum atomic E-state index is 13.6. The predicted octanol–water partition coefficient (Wildman–Crippen LogP) is 2.46. The minimum absolute atomic E-state index is 0.0156. The number of sulfonamides is 1. The molecule has 0 spiro atoms. The zero-order valence-electron chi connectivity index (χ0n) is 22.5. The highest BCUT2D eigenvalue weighted by Gasteiger charge is 2.34. The first-order valence-electron chi connectivity index (χ1n) is 12.9. The first kappa shape index (κ1) is 30.1. The second-order valence-corrected chi connectivity index (χ2v) is 12.7. The number of nitrogens with two attached hydrogens (primary N) is 1. The van der Waals surface area contributed by atoms with Gasteiger partial charge >= 0.3 is 10.1 Å². The lowest BCUT2D eigenvalue weighted by Crippen LogP contribution is -2.48. The highest BCUT2D eigenvalue weighted by atomic mass is 32.2. The van der Waals surface area contributed by atoms with E-state index in [9.17, 15) is 16.8 Å². The van der Waals surface area contributed by atoms with Crippen LogP contribution in [0.1, 0.15) is 12.0 Å². The standard InChI is InChI=1S/C27H33N5O7S2/c1-21-18-23(37-16-7-17-38-30-27(28)29)20-24(19-21)39-41(35,36)26-11-6-5-10-25(26)40(33,34)32-14-12-31(13-15-32)22-8-3-2-4-9-22/h2-6,8-11,18-20H,7,12-17H2,1H3,(H4,28,29,30). The van der Waals surface area contributed by atoms with Gasteiger partial charge in [-0.25, -0.2) is 13.9 Å². The molecule has 3 aromatic carbocycles. The van der Waals surface area contributed by atoms with Crippen LogP contribution in [0.3, 0.4) is 0 Å². The van der Waals surface area contributed by atoms with E-state index in [-0.39, 0.29) is 42.9 Å². The van der Waals surface area contributed by atoms with Gasteiger partial charge in [0.2, 0.25) is 16.0 Å². The molecule has 220 valence electrons. The summed E-state index contributed by atoms with van der Waals surface area (Å²) in [7, 11) is -8.66. The quantitative estimate of drug-likeness (QED) is 0.0921. The van der Waals surface area contributed by atoms with E-state index in [1.807, 2.05) is 30.3 Å². The summed E-state index contributed by atoms with van der Waals surface area (Å²) in [5, 5.41) is 7.04. The average Bonchev–Trinajstić information content (AvgIpc) is 2.95. The number of rotatable bonds is 12. The number of para-hydroxylation sites is 1. The van der Waals surface area contributed by atoms with Crippen LogP contribution in [0.15, 0.2) is 82.6 Å². The van der Waals surface area contributed by atoms with Crippen molar-refractivity contribution in [3.63, 3.8) is 0 Å². The van der Waals surface area contributed by atoms with Crippen molar-refractivity contribution >= 4 is 31.8 Å². The minimum atomic E-state index is -4.53. The van der Waals surface area contributed by atoms with Gasteiger partial charge in [0.15, 0.2) is 0 Å². The van der Waals surface area contributed by atoms with E-state index in [1.54, 1.807) is 13.0 Å². The summed E-state index contributed by atoms with van der Waals surface area (Å²) in [5.41, 5.74) is 9.04. The lowest BCUT2D eigenvalue weighted by Gasteiger charge is -2.35.